The lowest BCUT2D eigenvalue weighted by atomic mass is 10.0. The van der Waals surface area contributed by atoms with Crippen LogP contribution in [-0.4, -0.2) is 58.1 Å². The number of ketones is 1. The molecule has 3 aromatic heterocycles. The van der Waals surface area contributed by atoms with Crippen molar-refractivity contribution in [3.63, 3.8) is 0 Å². The lowest BCUT2D eigenvalue weighted by Crippen LogP contribution is -2.48. The maximum atomic E-state index is 13.0. The van der Waals surface area contributed by atoms with Crippen molar-refractivity contribution in [1.29, 1.82) is 0 Å². The van der Waals surface area contributed by atoms with E-state index in [0.29, 0.717) is 42.2 Å². The Morgan fingerprint density at radius 3 is 2.80 bits per heavy atom. The number of amides is 2. The summed E-state index contributed by atoms with van der Waals surface area (Å²) in [6.45, 7) is 2.14. The topological polar surface area (TPSA) is 104 Å². The Kier molecular flexibility index (Phi) is 8.15. The van der Waals surface area contributed by atoms with Crippen LogP contribution in [0.4, 0.5) is 5.00 Å². The van der Waals surface area contributed by atoms with Crippen molar-refractivity contribution >= 4 is 56.6 Å². The minimum atomic E-state index is -0.147. The number of hydrogen-bond donors (Lipinski definition) is 2. The van der Waals surface area contributed by atoms with Gasteiger partial charge in [-0.1, -0.05) is 24.3 Å². The van der Waals surface area contributed by atoms with Gasteiger partial charge in [-0.15, -0.1) is 34.0 Å². The predicted octanol–water partition coefficient (Wildman–Crippen LogP) is 5.00. The summed E-state index contributed by atoms with van der Waals surface area (Å²) in [5.74, 6) is 0.412. The molecule has 40 heavy (non-hydrogen) atoms. The number of anilines is 1. The maximum absolute atomic E-state index is 13.0. The smallest absolute Gasteiger partial charge is 0.264 e. The van der Waals surface area contributed by atoms with E-state index in [9.17, 15) is 14.4 Å². The zero-order chi connectivity index (χ0) is 27.5. The highest BCUT2D eigenvalue weighted by atomic mass is 32.1. The third kappa shape index (κ3) is 6.22. The Hall–Kier alpha value is -3.25. The van der Waals surface area contributed by atoms with Gasteiger partial charge in [0.15, 0.2) is 0 Å². The minimum Gasteiger partial charge on any atom is -0.336 e. The van der Waals surface area contributed by atoms with Crippen molar-refractivity contribution in [3.8, 4) is 10.4 Å². The van der Waals surface area contributed by atoms with Gasteiger partial charge in [0, 0.05) is 49.1 Å². The second-order valence-electron chi connectivity index (χ2n) is 10.2. The molecule has 4 aromatic rings. The van der Waals surface area contributed by atoms with Gasteiger partial charge in [0.25, 0.3) is 5.91 Å². The van der Waals surface area contributed by atoms with Gasteiger partial charge in [-0.25, -0.2) is 4.98 Å². The van der Waals surface area contributed by atoms with Gasteiger partial charge in [0.1, 0.15) is 5.78 Å². The van der Waals surface area contributed by atoms with Crippen molar-refractivity contribution in [3.05, 3.63) is 74.6 Å². The monoisotopic (exact) mass is 591 g/mol. The number of likely N-dealkylation sites (tertiary alicyclic amines) is 1. The Morgan fingerprint density at radius 2 is 2.00 bits per heavy atom. The van der Waals surface area contributed by atoms with Crippen LogP contribution in [0.3, 0.4) is 0 Å². The molecule has 2 amide bonds. The quantitative estimate of drug-likeness (QED) is 0.269. The molecule has 0 aliphatic carbocycles. The van der Waals surface area contributed by atoms with Crippen molar-refractivity contribution in [2.24, 2.45) is 0 Å². The van der Waals surface area contributed by atoms with E-state index in [2.05, 4.69) is 38.8 Å². The molecule has 1 atom stereocenters. The van der Waals surface area contributed by atoms with Gasteiger partial charge in [0.05, 0.1) is 31.3 Å². The van der Waals surface area contributed by atoms with Crippen LogP contribution in [0.25, 0.3) is 10.4 Å². The number of Topliss-reactive ketones (excluding diaryl/α,β-unsaturated/α-hetero) is 1. The van der Waals surface area contributed by atoms with Crippen LogP contribution in [0.2, 0.25) is 0 Å². The van der Waals surface area contributed by atoms with Gasteiger partial charge >= 0.3 is 0 Å². The Labute approximate surface area is 244 Å². The molecule has 1 aromatic carbocycles. The molecule has 0 spiro atoms. The van der Waals surface area contributed by atoms with Crippen LogP contribution >= 0.6 is 34.0 Å². The average molecular weight is 592 g/mol. The summed E-state index contributed by atoms with van der Waals surface area (Å²) < 4.78 is 0. The summed E-state index contributed by atoms with van der Waals surface area (Å²) in [6.07, 6.45) is 7.19. The first-order chi connectivity index (χ1) is 19.5. The number of benzene rings is 1. The summed E-state index contributed by atoms with van der Waals surface area (Å²) in [5, 5.41) is 7.86. The first-order valence-corrected chi connectivity index (χ1v) is 15.9. The second-order valence-corrected chi connectivity index (χ2v) is 13.3. The van der Waals surface area contributed by atoms with Crippen molar-refractivity contribution < 1.29 is 14.4 Å². The average Bonchev–Trinajstić information content (AvgIpc) is 3.74. The summed E-state index contributed by atoms with van der Waals surface area (Å²) >= 11 is 4.51. The lowest BCUT2D eigenvalue weighted by molar-refractivity contribution is -0.118. The molecule has 2 aliphatic heterocycles. The normalized spacial score (nSPS) is 17.1. The molecule has 5 heterocycles. The summed E-state index contributed by atoms with van der Waals surface area (Å²) in [7, 11) is 0. The van der Waals surface area contributed by atoms with Crippen LogP contribution in [0.15, 0.2) is 54.3 Å². The van der Waals surface area contributed by atoms with Crippen LogP contribution in [0, 0.1) is 0 Å². The minimum absolute atomic E-state index is 0.00453. The van der Waals surface area contributed by atoms with E-state index in [0.717, 1.165) is 45.3 Å². The van der Waals surface area contributed by atoms with Crippen LogP contribution in [0.1, 0.15) is 50.3 Å². The second kappa shape index (κ2) is 12.1. The highest BCUT2D eigenvalue weighted by molar-refractivity contribution is 7.18. The number of rotatable bonds is 10. The molecule has 6 rings (SSSR count). The molecule has 2 saturated heterocycles. The van der Waals surface area contributed by atoms with Crippen LogP contribution in [-0.2, 0) is 22.4 Å². The number of thiazole rings is 2. The fraction of sp³-hybridized carbons (Fsp3) is 0.345. The molecule has 0 bridgehead atoms. The zero-order valence-corrected chi connectivity index (χ0v) is 24.2. The predicted molar refractivity (Wildman–Crippen MR) is 159 cm³/mol. The molecule has 0 radical (unpaired) electrons. The Balaban J connectivity index is 1.00. The first kappa shape index (κ1) is 26.9. The summed E-state index contributed by atoms with van der Waals surface area (Å²) in [4.78, 5) is 51.0. The SMILES string of the molecule is O=C(CCc1cccc(-c2cnc(C3CN(C(=O)c4ccc(NC(=O)[C@@H]5CCCN5)s4)C3)s2)c1)Cc1cncs1. The van der Waals surface area contributed by atoms with Crippen molar-refractivity contribution in [1.82, 2.24) is 20.2 Å². The maximum Gasteiger partial charge on any atom is 0.264 e. The lowest BCUT2D eigenvalue weighted by Gasteiger charge is -2.37. The first-order valence-electron chi connectivity index (χ1n) is 13.4. The van der Waals surface area contributed by atoms with Gasteiger partial charge < -0.3 is 15.5 Å². The molecule has 2 fully saturated rings. The van der Waals surface area contributed by atoms with E-state index in [4.69, 9.17) is 0 Å². The fourth-order valence-corrected chi connectivity index (χ4v) is 7.48. The molecule has 206 valence electrons. The highest BCUT2D eigenvalue weighted by Crippen LogP contribution is 2.36. The van der Waals surface area contributed by atoms with Crippen LogP contribution in [0.5, 0.6) is 0 Å². The van der Waals surface area contributed by atoms with E-state index < -0.39 is 0 Å². The van der Waals surface area contributed by atoms with Gasteiger partial charge in [-0.3, -0.25) is 19.4 Å². The van der Waals surface area contributed by atoms with Crippen LogP contribution < -0.4 is 10.6 Å². The largest absolute Gasteiger partial charge is 0.336 e. The number of carbonyl (C=O) groups is 3. The fourth-order valence-electron chi connectivity index (χ4n) is 4.98. The number of thiophene rings is 1. The number of aryl methyl sites for hydroxylation is 1. The summed E-state index contributed by atoms with van der Waals surface area (Å²) in [6, 6.07) is 11.8. The van der Waals surface area contributed by atoms with Gasteiger partial charge in [0.2, 0.25) is 5.91 Å². The van der Waals surface area contributed by atoms with E-state index >= 15 is 0 Å². The highest BCUT2D eigenvalue weighted by Gasteiger charge is 2.35. The van der Waals surface area contributed by atoms with Gasteiger partial charge in [-0.2, -0.15) is 0 Å². The molecule has 0 saturated carbocycles. The molecular formula is C29H29N5O3S3. The molecular weight excluding hydrogens is 563 g/mol. The van der Waals surface area contributed by atoms with Gasteiger partial charge in [-0.05, 0) is 49.1 Å². The van der Waals surface area contributed by atoms with E-state index in [1.807, 2.05) is 17.2 Å². The molecule has 11 heteroatoms. The van der Waals surface area contributed by atoms with Crippen molar-refractivity contribution in [2.75, 3.05) is 25.0 Å². The molecule has 2 N–H and O–H groups in total. The number of aromatic nitrogens is 2. The Bertz CT molecular complexity index is 1500. The standard InChI is InChI=1S/C29H29N5O3S3/c35-21(12-22-13-30-17-38-22)7-6-18-3-1-4-19(11-18)25-14-32-28(40-25)20-15-34(16-20)29(37)24-8-9-26(39-24)33-27(36)23-5-2-10-31-23/h1,3-4,8-9,11,13-14,17,20,23,31H,2,5-7,10,12,15-16H2,(H,33,36)/t23-/m0/s1. The molecule has 2 aliphatic rings. The molecule has 8 nitrogen and oxygen atoms in total. The number of carbonyl (C=O) groups excluding carboxylic acids is 3. The van der Waals surface area contributed by atoms with E-state index in [1.54, 1.807) is 35.2 Å². The van der Waals surface area contributed by atoms with E-state index in [1.165, 1.54) is 22.7 Å². The molecule has 0 unspecified atom stereocenters. The number of hydrogen-bond acceptors (Lipinski definition) is 9. The van der Waals surface area contributed by atoms with Crippen molar-refractivity contribution in [2.45, 2.75) is 44.1 Å². The summed E-state index contributed by atoms with van der Waals surface area (Å²) in [5.41, 5.74) is 3.99. The number of nitrogens with one attached hydrogen (secondary N) is 2. The third-order valence-electron chi connectivity index (χ3n) is 7.24. The number of nitrogens with zero attached hydrogens (tertiary/aromatic N) is 3. The third-order valence-corrected chi connectivity index (χ3v) is 10.2. The Morgan fingerprint density at radius 1 is 1.10 bits per heavy atom. The van der Waals surface area contributed by atoms with E-state index in [-0.39, 0.29) is 29.6 Å². The zero-order valence-electron chi connectivity index (χ0n) is 21.8.